The average molecular weight is 463 g/mol. The zero-order valence-corrected chi connectivity index (χ0v) is 18.8. The standard InChI is InChI=1S/C27H30F4O2/c1-16-10-19-12-21(13-20(19)11-16)18-4-9-26(32-15-18)17-2-5-22(6-3-17)27(30,31)33-23-7-8-24(28)25(29)14-23/h2-3,5-8,14,16,18-21,26H,4,9-13,15H2,1H3. The molecule has 4 unspecified atom stereocenters. The highest BCUT2D eigenvalue weighted by molar-refractivity contribution is 5.29. The summed E-state index contributed by atoms with van der Waals surface area (Å²) in [6.07, 6.45) is 3.71. The number of benzene rings is 2. The number of rotatable bonds is 5. The molecule has 178 valence electrons. The fraction of sp³-hybridized carbons (Fsp3) is 0.556. The van der Waals surface area contributed by atoms with Gasteiger partial charge in [0.2, 0.25) is 0 Å². The molecule has 3 fully saturated rings. The Hall–Kier alpha value is -2.08. The van der Waals surface area contributed by atoms with Crippen molar-refractivity contribution in [1.82, 2.24) is 0 Å². The molecule has 1 heterocycles. The average Bonchev–Trinajstić information content (AvgIpc) is 3.34. The van der Waals surface area contributed by atoms with Crippen molar-refractivity contribution < 1.29 is 27.0 Å². The molecule has 2 saturated carbocycles. The molecule has 0 spiro atoms. The van der Waals surface area contributed by atoms with Gasteiger partial charge in [-0.15, -0.1) is 0 Å². The van der Waals surface area contributed by atoms with Crippen molar-refractivity contribution in [3.63, 3.8) is 0 Å². The molecule has 2 aromatic carbocycles. The number of halogens is 4. The second-order valence-electron chi connectivity index (χ2n) is 10.3. The molecule has 0 bridgehead atoms. The quantitative estimate of drug-likeness (QED) is 0.425. The summed E-state index contributed by atoms with van der Waals surface area (Å²) in [5, 5.41) is 0. The van der Waals surface area contributed by atoms with Gasteiger partial charge in [-0.3, -0.25) is 0 Å². The van der Waals surface area contributed by atoms with E-state index in [1.807, 2.05) is 0 Å². The Labute approximate surface area is 192 Å². The normalized spacial score (nSPS) is 32.0. The molecule has 1 saturated heterocycles. The Bertz CT molecular complexity index is 955. The first kappa shape index (κ1) is 22.7. The van der Waals surface area contributed by atoms with Gasteiger partial charge in [-0.05, 0) is 97.9 Å². The third-order valence-corrected chi connectivity index (χ3v) is 8.02. The van der Waals surface area contributed by atoms with Gasteiger partial charge in [0.25, 0.3) is 0 Å². The summed E-state index contributed by atoms with van der Waals surface area (Å²) in [6.45, 7) is 3.11. The molecule has 0 radical (unpaired) electrons. The van der Waals surface area contributed by atoms with Crippen molar-refractivity contribution in [2.75, 3.05) is 6.61 Å². The van der Waals surface area contributed by atoms with E-state index in [1.54, 1.807) is 12.1 Å². The van der Waals surface area contributed by atoms with Gasteiger partial charge < -0.3 is 9.47 Å². The number of hydrogen-bond acceptors (Lipinski definition) is 2. The smallest absolute Gasteiger partial charge is 0.426 e. The van der Waals surface area contributed by atoms with Gasteiger partial charge in [0, 0.05) is 6.07 Å². The molecule has 0 amide bonds. The van der Waals surface area contributed by atoms with E-state index in [0.717, 1.165) is 60.8 Å². The zero-order chi connectivity index (χ0) is 23.2. The Kier molecular flexibility index (Phi) is 6.15. The van der Waals surface area contributed by atoms with E-state index >= 15 is 0 Å². The van der Waals surface area contributed by atoms with Crippen LogP contribution in [0.2, 0.25) is 0 Å². The van der Waals surface area contributed by atoms with E-state index < -0.39 is 23.5 Å². The number of fused-ring (bicyclic) bond motifs is 1. The van der Waals surface area contributed by atoms with Crippen LogP contribution in [0.3, 0.4) is 0 Å². The van der Waals surface area contributed by atoms with Gasteiger partial charge in [0.1, 0.15) is 5.75 Å². The summed E-state index contributed by atoms with van der Waals surface area (Å²) in [5.41, 5.74) is 0.523. The van der Waals surface area contributed by atoms with E-state index in [-0.39, 0.29) is 11.7 Å². The highest BCUT2D eigenvalue weighted by Crippen LogP contribution is 2.52. The second-order valence-corrected chi connectivity index (χ2v) is 10.3. The molecule has 5 rings (SSSR count). The third kappa shape index (κ3) is 4.77. The summed E-state index contributed by atoms with van der Waals surface area (Å²) in [4.78, 5) is 0. The van der Waals surface area contributed by atoms with Gasteiger partial charge in [-0.2, -0.15) is 8.78 Å². The lowest BCUT2D eigenvalue weighted by Gasteiger charge is -2.33. The fourth-order valence-electron chi connectivity index (χ4n) is 6.40. The van der Waals surface area contributed by atoms with Crippen molar-refractivity contribution >= 4 is 0 Å². The van der Waals surface area contributed by atoms with E-state index in [2.05, 4.69) is 11.7 Å². The van der Waals surface area contributed by atoms with E-state index in [0.29, 0.717) is 12.0 Å². The van der Waals surface area contributed by atoms with Crippen molar-refractivity contribution in [1.29, 1.82) is 0 Å². The molecular weight excluding hydrogens is 432 g/mol. The van der Waals surface area contributed by atoms with Crippen LogP contribution in [0.25, 0.3) is 0 Å². The molecule has 3 aliphatic rings. The van der Waals surface area contributed by atoms with Crippen LogP contribution in [0.1, 0.15) is 62.7 Å². The summed E-state index contributed by atoms with van der Waals surface area (Å²) in [7, 11) is 0. The molecule has 6 heteroatoms. The van der Waals surface area contributed by atoms with Crippen LogP contribution in [0.4, 0.5) is 17.6 Å². The minimum absolute atomic E-state index is 0.0861. The predicted molar refractivity (Wildman–Crippen MR) is 117 cm³/mol. The van der Waals surface area contributed by atoms with Crippen LogP contribution in [0.5, 0.6) is 5.75 Å². The Morgan fingerprint density at radius 3 is 2.09 bits per heavy atom. The predicted octanol–water partition coefficient (Wildman–Crippen LogP) is 7.63. The Morgan fingerprint density at radius 2 is 1.48 bits per heavy atom. The molecule has 2 aromatic rings. The molecule has 2 aliphatic carbocycles. The van der Waals surface area contributed by atoms with Gasteiger partial charge in [-0.1, -0.05) is 19.1 Å². The summed E-state index contributed by atoms with van der Waals surface area (Å²) >= 11 is 0. The van der Waals surface area contributed by atoms with Crippen molar-refractivity contribution in [2.24, 2.45) is 29.6 Å². The SMILES string of the molecule is CC1CC2CC(C3CCC(c4ccc(C(F)(F)Oc5ccc(F)c(F)c5)cc4)OC3)CC2C1. The topological polar surface area (TPSA) is 18.5 Å². The third-order valence-electron chi connectivity index (χ3n) is 8.02. The van der Waals surface area contributed by atoms with Crippen molar-refractivity contribution in [2.45, 2.75) is 57.7 Å². The van der Waals surface area contributed by atoms with E-state index in [1.165, 1.54) is 37.8 Å². The number of alkyl halides is 2. The first-order valence-electron chi connectivity index (χ1n) is 12.0. The first-order chi connectivity index (χ1) is 15.8. The maximum Gasteiger partial charge on any atom is 0.426 e. The molecular formula is C27H30F4O2. The van der Waals surface area contributed by atoms with Gasteiger partial charge in [-0.25, -0.2) is 8.78 Å². The second kappa shape index (κ2) is 8.94. The van der Waals surface area contributed by atoms with Crippen LogP contribution in [-0.2, 0) is 10.8 Å². The highest BCUT2D eigenvalue weighted by Gasteiger charge is 2.43. The van der Waals surface area contributed by atoms with E-state index in [9.17, 15) is 17.6 Å². The highest BCUT2D eigenvalue weighted by atomic mass is 19.3. The lowest BCUT2D eigenvalue weighted by Crippen LogP contribution is -2.26. The largest absolute Gasteiger partial charge is 0.429 e. The van der Waals surface area contributed by atoms with Gasteiger partial charge >= 0.3 is 6.11 Å². The van der Waals surface area contributed by atoms with Crippen LogP contribution in [0.15, 0.2) is 42.5 Å². The number of ether oxygens (including phenoxy) is 2. The van der Waals surface area contributed by atoms with Crippen molar-refractivity contribution in [3.8, 4) is 5.75 Å². The minimum Gasteiger partial charge on any atom is -0.429 e. The zero-order valence-electron chi connectivity index (χ0n) is 18.8. The van der Waals surface area contributed by atoms with Crippen LogP contribution < -0.4 is 4.74 Å². The van der Waals surface area contributed by atoms with Crippen LogP contribution >= 0.6 is 0 Å². The maximum absolute atomic E-state index is 14.5. The Balaban J connectivity index is 1.17. The first-order valence-corrected chi connectivity index (χ1v) is 12.0. The summed E-state index contributed by atoms with van der Waals surface area (Å²) < 4.78 is 66.2. The van der Waals surface area contributed by atoms with E-state index in [4.69, 9.17) is 4.74 Å². The number of hydrogen-bond donors (Lipinski definition) is 0. The minimum atomic E-state index is -3.67. The molecule has 33 heavy (non-hydrogen) atoms. The van der Waals surface area contributed by atoms with Crippen LogP contribution in [0, 0.1) is 41.2 Å². The van der Waals surface area contributed by atoms with Gasteiger partial charge in [0.15, 0.2) is 11.6 Å². The Morgan fingerprint density at radius 1 is 0.818 bits per heavy atom. The molecule has 2 nitrogen and oxygen atoms in total. The fourth-order valence-corrected chi connectivity index (χ4v) is 6.40. The molecule has 4 atom stereocenters. The van der Waals surface area contributed by atoms with Crippen molar-refractivity contribution in [3.05, 3.63) is 65.2 Å². The molecule has 1 aliphatic heterocycles. The van der Waals surface area contributed by atoms with Crippen LogP contribution in [-0.4, -0.2) is 6.61 Å². The maximum atomic E-state index is 14.5. The lowest BCUT2D eigenvalue weighted by molar-refractivity contribution is -0.185. The monoisotopic (exact) mass is 462 g/mol. The molecule has 0 N–H and O–H groups in total. The summed E-state index contributed by atoms with van der Waals surface area (Å²) in [5.74, 6) is 1.28. The van der Waals surface area contributed by atoms with Gasteiger partial charge in [0.05, 0.1) is 18.3 Å². The lowest BCUT2D eigenvalue weighted by atomic mass is 9.82. The molecule has 0 aromatic heterocycles. The summed E-state index contributed by atoms with van der Waals surface area (Å²) in [6, 6.07) is 8.26.